The van der Waals surface area contributed by atoms with Crippen molar-refractivity contribution in [3.05, 3.63) is 24.3 Å². The Balaban J connectivity index is 2.00. The van der Waals surface area contributed by atoms with E-state index in [9.17, 15) is 9.59 Å². The van der Waals surface area contributed by atoms with Crippen molar-refractivity contribution in [2.75, 3.05) is 0 Å². The third kappa shape index (κ3) is 2.12. The van der Waals surface area contributed by atoms with Crippen molar-refractivity contribution in [2.24, 2.45) is 17.3 Å². The molecule has 2 aliphatic carbocycles. The highest BCUT2D eigenvalue weighted by atomic mass is 16.6. The fraction of sp³-hybridized carbons (Fsp3) is 0.647. The molecule has 4 nitrogen and oxygen atoms in total. The van der Waals surface area contributed by atoms with Crippen LogP contribution in [0.2, 0.25) is 0 Å². The third-order valence-electron chi connectivity index (χ3n) is 5.41. The van der Waals surface area contributed by atoms with Crippen molar-refractivity contribution < 1.29 is 19.1 Å². The molecule has 4 heteroatoms. The van der Waals surface area contributed by atoms with Gasteiger partial charge in [0.2, 0.25) is 0 Å². The number of hydrogen-bond acceptors (Lipinski definition) is 4. The van der Waals surface area contributed by atoms with Crippen LogP contribution in [0.25, 0.3) is 0 Å². The molecule has 0 amide bonds. The number of hydrogen-bond donors (Lipinski definition) is 0. The van der Waals surface area contributed by atoms with E-state index in [-0.39, 0.29) is 41.4 Å². The molecule has 1 aliphatic heterocycles. The lowest BCUT2D eigenvalue weighted by Gasteiger charge is -2.52. The summed E-state index contributed by atoms with van der Waals surface area (Å²) in [6.07, 6.45) is 3.25. The summed E-state index contributed by atoms with van der Waals surface area (Å²) in [4.78, 5) is 23.4. The molecule has 1 heterocycles. The van der Waals surface area contributed by atoms with Gasteiger partial charge in [-0.05, 0) is 31.1 Å². The van der Waals surface area contributed by atoms with Crippen molar-refractivity contribution in [1.82, 2.24) is 0 Å². The fourth-order valence-corrected chi connectivity index (χ4v) is 4.61. The molecule has 3 rings (SSSR count). The standard InChI is InChI=1S/C17H22O4/c1-9-6-5-7-17(4)8-12(20-11(3)18)13-10(2)16(19)21-15(13)14(9)17/h12-15H,1-2,5-8H2,3-4H3. The molecule has 0 aromatic heterocycles. The second-order valence-corrected chi connectivity index (χ2v) is 6.92. The summed E-state index contributed by atoms with van der Waals surface area (Å²) in [5, 5.41) is 0. The van der Waals surface area contributed by atoms with Crippen molar-refractivity contribution >= 4 is 11.9 Å². The predicted octanol–water partition coefficient (Wildman–Crippen LogP) is 2.78. The van der Waals surface area contributed by atoms with Gasteiger partial charge in [-0.15, -0.1) is 0 Å². The van der Waals surface area contributed by atoms with Gasteiger partial charge in [0, 0.05) is 18.4 Å². The van der Waals surface area contributed by atoms with Crippen molar-refractivity contribution in [3.8, 4) is 0 Å². The van der Waals surface area contributed by atoms with Crippen LogP contribution in [0.1, 0.15) is 39.5 Å². The minimum Gasteiger partial charge on any atom is -0.462 e. The smallest absolute Gasteiger partial charge is 0.334 e. The Labute approximate surface area is 125 Å². The summed E-state index contributed by atoms with van der Waals surface area (Å²) >= 11 is 0. The molecular weight excluding hydrogens is 268 g/mol. The normalized spacial score (nSPS) is 42.1. The van der Waals surface area contributed by atoms with Gasteiger partial charge in [0.15, 0.2) is 0 Å². The van der Waals surface area contributed by atoms with E-state index in [2.05, 4.69) is 20.1 Å². The van der Waals surface area contributed by atoms with Gasteiger partial charge < -0.3 is 9.47 Å². The maximum absolute atomic E-state index is 12.0. The average molecular weight is 290 g/mol. The topological polar surface area (TPSA) is 52.6 Å². The van der Waals surface area contributed by atoms with Gasteiger partial charge in [0.1, 0.15) is 12.2 Å². The van der Waals surface area contributed by atoms with Gasteiger partial charge >= 0.3 is 11.9 Å². The Morgan fingerprint density at radius 2 is 2.14 bits per heavy atom. The summed E-state index contributed by atoms with van der Waals surface area (Å²) in [5.41, 5.74) is 1.57. The van der Waals surface area contributed by atoms with E-state index in [1.54, 1.807) is 0 Å². The second-order valence-electron chi connectivity index (χ2n) is 6.92. The largest absolute Gasteiger partial charge is 0.462 e. The number of esters is 2. The highest BCUT2D eigenvalue weighted by Crippen LogP contribution is 2.57. The average Bonchev–Trinajstić information content (AvgIpc) is 2.64. The lowest BCUT2D eigenvalue weighted by Crippen LogP contribution is -2.53. The molecule has 0 aromatic carbocycles. The fourth-order valence-electron chi connectivity index (χ4n) is 4.61. The zero-order valence-corrected chi connectivity index (χ0v) is 12.7. The molecule has 0 N–H and O–H groups in total. The number of fused-ring (bicyclic) bond motifs is 3. The number of carbonyl (C=O) groups excluding carboxylic acids is 2. The number of ether oxygens (including phenoxy) is 2. The highest BCUT2D eigenvalue weighted by molar-refractivity contribution is 5.91. The Hall–Kier alpha value is -1.58. The molecule has 0 spiro atoms. The minimum absolute atomic E-state index is 0.0263. The first-order valence-electron chi connectivity index (χ1n) is 7.58. The van der Waals surface area contributed by atoms with Gasteiger partial charge in [-0.25, -0.2) is 4.79 Å². The van der Waals surface area contributed by atoms with Crippen molar-refractivity contribution in [2.45, 2.75) is 51.7 Å². The van der Waals surface area contributed by atoms with Gasteiger partial charge in [-0.1, -0.05) is 25.7 Å². The summed E-state index contributed by atoms with van der Waals surface area (Å²) < 4.78 is 11.1. The van der Waals surface area contributed by atoms with Crippen LogP contribution in [-0.2, 0) is 19.1 Å². The van der Waals surface area contributed by atoms with Crippen LogP contribution in [0.4, 0.5) is 0 Å². The Kier molecular flexibility index (Phi) is 3.23. The van der Waals surface area contributed by atoms with E-state index in [0.29, 0.717) is 5.57 Å². The molecule has 0 bridgehead atoms. The Morgan fingerprint density at radius 3 is 2.81 bits per heavy atom. The SMILES string of the molecule is C=C1C(=O)OC2C1C(OC(C)=O)CC1(C)CCCC(=C)C21. The summed E-state index contributed by atoms with van der Waals surface area (Å²) in [5.74, 6) is -0.757. The zero-order chi connectivity index (χ0) is 15.4. The van der Waals surface area contributed by atoms with Crippen LogP contribution in [0, 0.1) is 17.3 Å². The van der Waals surface area contributed by atoms with Crippen LogP contribution in [-0.4, -0.2) is 24.1 Å². The maximum atomic E-state index is 12.0. The van der Waals surface area contributed by atoms with E-state index >= 15 is 0 Å². The van der Waals surface area contributed by atoms with Crippen LogP contribution in [0.15, 0.2) is 24.3 Å². The van der Waals surface area contributed by atoms with Gasteiger partial charge in [0.25, 0.3) is 0 Å². The van der Waals surface area contributed by atoms with Gasteiger partial charge in [0.05, 0.1) is 5.92 Å². The lowest BCUT2D eigenvalue weighted by atomic mass is 9.54. The maximum Gasteiger partial charge on any atom is 0.334 e. The molecule has 3 fully saturated rings. The first-order chi connectivity index (χ1) is 9.83. The van der Waals surface area contributed by atoms with E-state index in [4.69, 9.17) is 9.47 Å². The van der Waals surface area contributed by atoms with Crippen LogP contribution >= 0.6 is 0 Å². The van der Waals surface area contributed by atoms with Crippen LogP contribution in [0.5, 0.6) is 0 Å². The van der Waals surface area contributed by atoms with Gasteiger partial charge in [-0.3, -0.25) is 4.79 Å². The van der Waals surface area contributed by atoms with E-state index in [1.165, 1.54) is 6.92 Å². The second kappa shape index (κ2) is 4.72. The first-order valence-corrected chi connectivity index (χ1v) is 7.58. The van der Waals surface area contributed by atoms with Crippen LogP contribution in [0.3, 0.4) is 0 Å². The molecule has 3 aliphatic rings. The minimum atomic E-state index is -0.357. The predicted molar refractivity (Wildman–Crippen MR) is 77.3 cm³/mol. The van der Waals surface area contributed by atoms with E-state index in [1.807, 2.05) is 0 Å². The quantitative estimate of drug-likeness (QED) is 0.423. The van der Waals surface area contributed by atoms with Gasteiger partial charge in [-0.2, -0.15) is 0 Å². The monoisotopic (exact) mass is 290 g/mol. The first kappa shape index (κ1) is 14.4. The molecular formula is C17H22O4. The molecule has 21 heavy (non-hydrogen) atoms. The molecule has 5 atom stereocenters. The Bertz CT molecular complexity index is 535. The van der Waals surface area contributed by atoms with Crippen molar-refractivity contribution in [3.63, 3.8) is 0 Å². The third-order valence-corrected chi connectivity index (χ3v) is 5.41. The molecule has 0 aromatic rings. The van der Waals surface area contributed by atoms with E-state index in [0.717, 1.165) is 31.3 Å². The molecule has 1 saturated heterocycles. The number of rotatable bonds is 1. The lowest BCUT2D eigenvalue weighted by molar-refractivity contribution is -0.165. The number of carbonyl (C=O) groups is 2. The van der Waals surface area contributed by atoms with Crippen LogP contribution < -0.4 is 0 Å². The summed E-state index contributed by atoms with van der Waals surface area (Å²) in [7, 11) is 0. The molecule has 114 valence electrons. The molecule has 5 unspecified atom stereocenters. The zero-order valence-electron chi connectivity index (χ0n) is 12.7. The Morgan fingerprint density at radius 1 is 1.43 bits per heavy atom. The summed E-state index contributed by atoms with van der Waals surface area (Å²) in [6.45, 7) is 11.7. The highest BCUT2D eigenvalue weighted by Gasteiger charge is 2.59. The van der Waals surface area contributed by atoms with Crippen molar-refractivity contribution in [1.29, 1.82) is 0 Å². The van der Waals surface area contributed by atoms with E-state index < -0.39 is 0 Å². The molecule has 0 radical (unpaired) electrons. The molecule has 2 saturated carbocycles. The summed E-state index contributed by atoms with van der Waals surface area (Å²) in [6, 6.07) is 0.